The van der Waals surface area contributed by atoms with Gasteiger partial charge in [0.15, 0.2) is 11.5 Å². The summed E-state index contributed by atoms with van der Waals surface area (Å²) < 4.78 is 30.2. The largest absolute Gasteiger partial charge is 0.487 e. The Balaban J connectivity index is 1.33. The van der Waals surface area contributed by atoms with Crippen molar-refractivity contribution >= 4 is 35.0 Å². The maximum atomic E-state index is 13.7. The van der Waals surface area contributed by atoms with E-state index in [-0.39, 0.29) is 49.6 Å². The van der Waals surface area contributed by atoms with Crippen LogP contribution in [0.1, 0.15) is 24.2 Å². The third kappa shape index (κ3) is 6.94. The number of aliphatic hydroxyl groups excluding tert-OH is 1. The number of carbonyl (C=O) groups is 3. The topological polar surface area (TPSA) is 142 Å². The Morgan fingerprint density at radius 1 is 0.977 bits per heavy atom. The number of hydrogen-bond donors (Lipinski definition) is 4. The molecule has 3 atom stereocenters. The van der Waals surface area contributed by atoms with E-state index in [1.165, 1.54) is 35.2 Å². The molecule has 0 saturated heterocycles. The van der Waals surface area contributed by atoms with Crippen LogP contribution >= 0.6 is 0 Å². The molecule has 12 nitrogen and oxygen atoms in total. The molecule has 5 rings (SSSR count). The van der Waals surface area contributed by atoms with E-state index in [1.807, 2.05) is 6.92 Å². The van der Waals surface area contributed by atoms with Gasteiger partial charge in [0.2, 0.25) is 6.79 Å². The molecule has 4 N–H and O–H groups in total. The Morgan fingerprint density at radius 3 is 2.32 bits per heavy atom. The molecule has 2 aliphatic rings. The molecule has 232 valence electrons. The molecule has 0 radical (unpaired) electrons. The van der Waals surface area contributed by atoms with Crippen LogP contribution < -0.4 is 30.2 Å². The summed E-state index contributed by atoms with van der Waals surface area (Å²) in [4.78, 5) is 42.4. The van der Waals surface area contributed by atoms with E-state index in [9.17, 15) is 23.9 Å². The highest BCUT2D eigenvalue weighted by atomic mass is 19.1. The molecule has 3 aromatic rings. The number of rotatable bonds is 7. The number of ether oxygens (including phenoxy) is 3. The molecule has 13 heteroatoms. The minimum atomic E-state index is -0.538. The SMILES string of the molecule is C[C@H]1CN([C@@H](C)CO)C(=O)c2cc(NC(=O)Nc3ccc4c(c3)OCO4)ccc2O[C@H]1CN(C)C(=O)Nc1ccc(F)cc1. The first-order chi connectivity index (χ1) is 21.1. The van der Waals surface area contributed by atoms with Gasteiger partial charge >= 0.3 is 12.1 Å². The smallest absolute Gasteiger partial charge is 0.323 e. The van der Waals surface area contributed by atoms with E-state index in [0.717, 1.165) is 0 Å². The third-order valence-electron chi connectivity index (χ3n) is 7.45. The standard InChI is InChI=1S/C31H34FN5O7/c1-18-14-37(19(2)16-38)29(39)24-12-22(33-30(40)34-23-9-11-26-27(13-23)43-17-42-26)8-10-25(24)44-28(18)15-36(3)31(41)35-21-6-4-20(32)5-7-21/h4-13,18-19,28,38H,14-17H2,1-3H3,(H,35,41)(H2,33,34,40)/t18-,19-,28-/m0/s1. The van der Waals surface area contributed by atoms with E-state index in [1.54, 1.807) is 49.2 Å². The van der Waals surface area contributed by atoms with E-state index in [4.69, 9.17) is 14.2 Å². The van der Waals surface area contributed by atoms with Gasteiger partial charge in [0, 0.05) is 42.6 Å². The summed E-state index contributed by atoms with van der Waals surface area (Å²) in [6, 6.07) is 13.7. The van der Waals surface area contributed by atoms with Gasteiger partial charge in [-0.2, -0.15) is 0 Å². The molecule has 0 fully saturated rings. The lowest BCUT2D eigenvalue weighted by molar-refractivity contribution is 0.0371. The lowest BCUT2D eigenvalue weighted by Crippen LogP contribution is -2.50. The summed E-state index contributed by atoms with van der Waals surface area (Å²) in [5, 5.41) is 18.1. The molecule has 0 aromatic heterocycles. The number of benzene rings is 3. The number of nitrogens with one attached hydrogen (secondary N) is 3. The molecule has 5 amide bonds. The fourth-order valence-electron chi connectivity index (χ4n) is 4.89. The zero-order valence-corrected chi connectivity index (χ0v) is 24.5. The number of hydrogen-bond acceptors (Lipinski definition) is 7. The summed E-state index contributed by atoms with van der Waals surface area (Å²) in [6.45, 7) is 3.92. The van der Waals surface area contributed by atoms with Crippen LogP contribution in [-0.2, 0) is 0 Å². The number of urea groups is 2. The predicted octanol–water partition coefficient (Wildman–Crippen LogP) is 4.58. The predicted molar refractivity (Wildman–Crippen MR) is 161 cm³/mol. The number of carbonyl (C=O) groups excluding carboxylic acids is 3. The van der Waals surface area contributed by atoms with Crippen molar-refractivity contribution in [3.05, 3.63) is 72.0 Å². The Labute approximate surface area is 253 Å². The number of likely N-dealkylation sites (N-methyl/N-ethyl adjacent to an activating group) is 1. The summed E-state index contributed by atoms with van der Waals surface area (Å²) >= 11 is 0. The van der Waals surface area contributed by atoms with E-state index in [2.05, 4.69) is 16.0 Å². The van der Waals surface area contributed by atoms with Crippen molar-refractivity contribution in [2.24, 2.45) is 5.92 Å². The highest BCUT2D eigenvalue weighted by Gasteiger charge is 2.34. The fourth-order valence-corrected chi connectivity index (χ4v) is 4.89. The normalized spacial score (nSPS) is 17.8. The first-order valence-electron chi connectivity index (χ1n) is 14.1. The van der Waals surface area contributed by atoms with Crippen molar-refractivity contribution in [2.75, 3.05) is 49.5 Å². The Morgan fingerprint density at radius 2 is 1.61 bits per heavy atom. The molecule has 0 spiro atoms. The maximum Gasteiger partial charge on any atom is 0.323 e. The van der Waals surface area contributed by atoms with Crippen LogP contribution in [0.4, 0.5) is 31.0 Å². The minimum Gasteiger partial charge on any atom is -0.487 e. The second-order valence-electron chi connectivity index (χ2n) is 10.8. The third-order valence-corrected chi connectivity index (χ3v) is 7.45. The minimum absolute atomic E-state index is 0.112. The summed E-state index contributed by atoms with van der Waals surface area (Å²) in [7, 11) is 1.61. The van der Waals surface area contributed by atoms with Gasteiger partial charge in [-0.3, -0.25) is 4.79 Å². The number of aliphatic hydroxyl groups is 1. The molecule has 0 aliphatic carbocycles. The number of nitrogens with zero attached hydrogens (tertiary/aromatic N) is 2. The van der Waals surface area contributed by atoms with Crippen LogP contribution in [0.3, 0.4) is 0 Å². The molecular weight excluding hydrogens is 573 g/mol. The number of amides is 5. The van der Waals surface area contributed by atoms with Gasteiger partial charge in [0.05, 0.1) is 24.8 Å². The quantitative estimate of drug-likeness (QED) is 0.308. The van der Waals surface area contributed by atoms with Gasteiger partial charge in [-0.15, -0.1) is 0 Å². The monoisotopic (exact) mass is 607 g/mol. The Bertz CT molecular complexity index is 1540. The van der Waals surface area contributed by atoms with E-state index < -0.39 is 30.0 Å². The van der Waals surface area contributed by atoms with Crippen LogP contribution in [0.25, 0.3) is 0 Å². The average molecular weight is 608 g/mol. The lowest BCUT2D eigenvalue weighted by Gasteiger charge is -2.38. The highest BCUT2D eigenvalue weighted by molar-refractivity contribution is 6.02. The number of anilines is 3. The molecule has 0 saturated carbocycles. The van der Waals surface area contributed by atoms with Crippen LogP contribution in [0.5, 0.6) is 17.2 Å². The molecule has 2 heterocycles. The van der Waals surface area contributed by atoms with Crippen LogP contribution in [0, 0.1) is 11.7 Å². The van der Waals surface area contributed by atoms with Gasteiger partial charge in [0.25, 0.3) is 5.91 Å². The van der Waals surface area contributed by atoms with Crippen molar-refractivity contribution < 1.29 is 38.1 Å². The van der Waals surface area contributed by atoms with Gasteiger partial charge < -0.3 is 45.1 Å². The second-order valence-corrected chi connectivity index (χ2v) is 10.8. The highest BCUT2D eigenvalue weighted by Crippen LogP contribution is 2.34. The van der Waals surface area contributed by atoms with Gasteiger partial charge in [-0.25, -0.2) is 14.0 Å². The van der Waals surface area contributed by atoms with Crippen molar-refractivity contribution in [2.45, 2.75) is 26.0 Å². The molecule has 2 aliphatic heterocycles. The van der Waals surface area contributed by atoms with Crippen molar-refractivity contribution in [3.63, 3.8) is 0 Å². The average Bonchev–Trinajstić information content (AvgIpc) is 3.48. The van der Waals surface area contributed by atoms with E-state index >= 15 is 0 Å². The fraction of sp³-hybridized carbons (Fsp3) is 0.323. The number of fused-ring (bicyclic) bond motifs is 2. The summed E-state index contributed by atoms with van der Waals surface area (Å²) in [5.74, 6) is 0.376. The number of halogens is 1. The molecule has 0 unspecified atom stereocenters. The van der Waals surface area contributed by atoms with Gasteiger partial charge in [0.1, 0.15) is 17.7 Å². The zero-order chi connectivity index (χ0) is 31.4. The zero-order valence-electron chi connectivity index (χ0n) is 24.5. The van der Waals surface area contributed by atoms with E-state index in [0.29, 0.717) is 28.6 Å². The second kappa shape index (κ2) is 13.1. The van der Waals surface area contributed by atoms with Crippen LogP contribution in [0.15, 0.2) is 60.7 Å². The van der Waals surface area contributed by atoms with Gasteiger partial charge in [-0.1, -0.05) is 6.92 Å². The summed E-state index contributed by atoms with van der Waals surface area (Å²) in [6.07, 6.45) is -0.535. The van der Waals surface area contributed by atoms with Crippen LogP contribution in [0.2, 0.25) is 0 Å². The molecule has 0 bridgehead atoms. The first kappa shape index (κ1) is 30.4. The van der Waals surface area contributed by atoms with Crippen LogP contribution in [-0.4, -0.2) is 78.6 Å². The molecule has 3 aromatic carbocycles. The maximum absolute atomic E-state index is 13.7. The Kier molecular flexibility index (Phi) is 9.04. The lowest BCUT2D eigenvalue weighted by atomic mass is 9.99. The van der Waals surface area contributed by atoms with Crippen molar-refractivity contribution in [1.82, 2.24) is 9.80 Å². The molecular formula is C31H34FN5O7. The summed E-state index contributed by atoms with van der Waals surface area (Å²) in [5.41, 5.74) is 1.47. The van der Waals surface area contributed by atoms with Crippen molar-refractivity contribution in [3.8, 4) is 17.2 Å². The first-order valence-corrected chi connectivity index (χ1v) is 14.1. The Hall–Kier alpha value is -5.04. The van der Waals surface area contributed by atoms with Gasteiger partial charge in [-0.05, 0) is 61.5 Å². The van der Waals surface area contributed by atoms with Crippen molar-refractivity contribution in [1.29, 1.82) is 0 Å². The molecule has 44 heavy (non-hydrogen) atoms.